The number of hydrogen-bond acceptors (Lipinski definition) is 8. The van der Waals surface area contributed by atoms with Crippen molar-refractivity contribution in [1.29, 1.82) is 0 Å². The molecule has 0 bridgehead atoms. The molecule has 40 heavy (non-hydrogen) atoms. The molecule has 6 atom stereocenters. The van der Waals surface area contributed by atoms with Gasteiger partial charge in [-0.05, 0) is 37.8 Å². The number of carbonyl (C=O) groups excluding carboxylic acids is 3. The molecule has 11 nitrogen and oxygen atoms in total. The number of rotatable bonds is 6. The summed E-state index contributed by atoms with van der Waals surface area (Å²) < 4.78 is 14.0. The minimum Gasteiger partial charge on any atom is -0.465 e. The lowest BCUT2D eigenvalue weighted by Crippen LogP contribution is -2.59. The molecule has 6 rings (SSSR count). The van der Waals surface area contributed by atoms with Crippen LogP contribution in [-0.2, 0) is 30.5 Å². The minimum absolute atomic E-state index is 0.111. The van der Waals surface area contributed by atoms with E-state index >= 15 is 0 Å². The lowest BCUT2D eigenvalue weighted by atomic mass is 9.74. The minimum atomic E-state index is -1.41. The van der Waals surface area contributed by atoms with E-state index in [9.17, 15) is 19.5 Å². The van der Waals surface area contributed by atoms with Gasteiger partial charge in [-0.3, -0.25) is 14.4 Å². The number of carbonyl (C=O) groups is 3. The van der Waals surface area contributed by atoms with Gasteiger partial charge in [-0.2, -0.15) is 0 Å². The highest BCUT2D eigenvalue weighted by Crippen LogP contribution is 2.57. The lowest BCUT2D eigenvalue weighted by molar-refractivity contribution is -0.162. The van der Waals surface area contributed by atoms with Gasteiger partial charge in [0, 0.05) is 6.54 Å². The molecule has 212 valence electrons. The van der Waals surface area contributed by atoms with Crippen molar-refractivity contribution in [3.05, 3.63) is 48.6 Å². The number of aromatic nitrogens is 3. The summed E-state index contributed by atoms with van der Waals surface area (Å²) in [5.74, 6) is -3.00. The summed E-state index contributed by atoms with van der Waals surface area (Å²) in [6, 6.07) is 5.78. The third-order valence-electron chi connectivity index (χ3n) is 8.61. The molecule has 11 heteroatoms. The van der Waals surface area contributed by atoms with Gasteiger partial charge in [0.05, 0.1) is 36.3 Å². The molecule has 5 heterocycles. The van der Waals surface area contributed by atoms with Gasteiger partial charge in [0.15, 0.2) is 0 Å². The Bertz CT molecular complexity index is 1400. The number of esters is 1. The number of para-hydroxylation sites is 1. The lowest BCUT2D eigenvalue weighted by Gasteiger charge is -2.40. The molecule has 2 fully saturated rings. The zero-order valence-corrected chi connectivity index (χ0v) is 23.0. The Labute approximate surface area is 232 Å². The molecule has 1 aromatic heterocycles. The van der Waals surface area contributed by atoms with E-state index in [1.54, 1.807) is 22.6 Å². The first kappa shape index (κ1) is 26.6. The number of amides is 2. The maximum Gasteiger partial charge on any atom is 0.313 e. The van der Waals surface area contributed by atoms with Crippen molar-refractivity contribution in [3.8, 4) is 0 Å². The van der Waals surface area contributed by atoms with E-state index in [1.807, 2.05) is 56.3 Å². The van der Waals surface area contributed by atoms with E-state index in [2.05, 4.69) is 10.3 Å². The monoisotopic (exact) mass is 549 g/mol. The van der Waals surface area contributed by atoms with Crippen molar-refractivity contribution < 1.29 is 29.0 Å². The second-order valence-corrected chi connectivity index (χ2v) is 11.7. The summed E-state index contributed by atoms with van der Waals surface area (Å²) in [6.07, 6.45) is 8.37. The quantitative estimate of drug-likeness (QED) is 0.426. The maximum atomic E-state index is 14.6. The van der Waals surface area contributed by atoms with Crippen LogP contribution < -0.4 is 0 Å². The smallest absolute Gasteiger partial charge is 0.313 e. The largest absolute Gasteiger partial charge is 0.465 e. The molecule has 0 saturated carbocycles. The van der Waals surface area contributed by atoms with Gasteiger partial charge in [-0.1, -0.05) is 55.5 Å². The highest BCUT2D eigenvalue weighted by molar-refractivity contribution is 5.99. The van der Waals surface area contributed by atoms with Crippen LogP contribution in [0.15, 0.2) is 48.6 Å². The van der Waals surface area contributed by atoms with Crippen molar-refractivity contribution in [2.45, 2.75) is 63.6 Å². The van der Waals surface area contributed by atoms with Crippen LogP contribution in [0.25, 0.3) is 11.0 Å². The Balaban J connectivity index is 1.46. The van der Waals surface area contributed by atoms with Gasteiger partial charge < -0.3 is 24.4 Å². The van der Waals surface area contributed by atoms with E-state index in [4.69, 9.17) is 9.47 Å². The Hall–Kier alpha value is -3.57. The van der Waals surface area contributed by atoms with E-state index in [-0.39, 0.29) is 44.2 Å². The predicted molar refractivity (Wildman–Crippen MR) is 143 cm³/mol. The third kappa shape index (κ3) is 3.97. The fraction of sp³-hybridized carbons (Fsp3) is 0.552. The molecule has 4 aliphatic heterocycles. The highest BCUT2D eigenvalue weighted by Gasteiger charge is 2.75. The molecule has 1 aromatic carbocycles. The van der Waals surface area contributed by atoms with Crippen LogP contribution in [0, 0.1) is 17.8 Å². The van der Waals surface area contributed by atoms with E-state index < -0.39 is 41.1 Å². The van der Waals surface area contributed by atoms with Gasteiger partial charge in [0.2, 0.25) is 5.91 Å². The van der Waals surface area contributed by atoms with Crippen LogP contribution in [0.4, 0.5) is 0 Å². The second-order valence-electron chi connectivity index (χ2n) is 11.7. The number of likely N-dealkylation sites (tertiary alicyclic amines) is 1. The molecular weight excluding hydrogens is 514 g/mol. The van der Waals surface area contributed by atoms with Crippen LogP contribution >= 0.6 is 0 Å². The van der Waals surface area contributed by atoms with E-state index in [0.717, 1.165) is 5.52 Å². The van der Waals surface area contributed by atoms with Crippen molar-refractivity contribution >= 4 is 28.8 Å². The number of aliphatic hydroxyl groups excluding tert-OH is 1. The number of nitrogens with zero attached hydrogens (tertiary/aromatic N) is 5. The Morgan fingerprint density at radius 1 is 1.10 bits per heavy atom. The fourth-order valence-electron chi connectivity index (χ4n) is 7.00. The number of benzene rings is 1. The fourth-order valence-corrected chi connectivity index (χ4v) is 7.00. The summed E-state index contributed by atoms with van der Waals surface area (Å²) in [7, 11) is 0. The Kier molecular flexibility index (Phi) is 6.53. The molecule has 2 amide bonds. The zero-order chi connectivity index (χ0) is 28.2. The second kappa shape index (κ2) is 9.81. The molecule has 2 saturated heterocycles. The Morgan fingerprint density at radius 3 is 2.67 bits per heavy atom. The van der Waals surface area contributed by atoms with Gasteiger partial charge >= 0.3 is 5.97 Å². The topological polar surface area (TPSA) is 127 Å². The van der Waals surface area contributed by atoms with Crippen LogP contribution in [0.3, 0.4) is 0 Å². The summed E-state index contributed by atoms with van der Waals surface area (Å²) in [5.41, 5.74) is -1.07. The molecule has 4 aliphatic rings. The molecule has 1 N–H and O–H groups in total. The number of aliphatic hydroxyl groups is 1. The summed E-state index contributed by atoms with van der Waals surface area (Å²) in [6.45, 7) is 6.04. The normalized spacial score (nSPS) is 32.5. The maximum absolute atomic E-state index is 14.6. The van der Waals surface area contributed by atoms with Gasteiger partial charge in [-0.15, -0.1) is 5.10 Å². The van der Waals surface area contributed by atoms with Crippen LogP contribution in [0.2, 0.25) is 0 Å². The molecule has 1 spiro atoms. The van der Waals surface area contributed by atoms with Crippen LogP contribution in [-0.4, -0.2) is 90.7 Å². The summed E-state index contributed by atoms with van der Waals surface area (Å²) in [4.78, 5) is 45.5. The zero-order valence-electron chi connectivity index (χ0n) is 23.0. The summed E-state index contributed by atoms with van der Waals surface area (Å²) in [5, 5.41) is 18.9. The van der Waals surface area contributed by atoms with Crippen molar-refractivity contribution in [3.63, 3.8) is 0 Å². The van der Waals surface area contributed by atoms with Crippen LogP contribution in [0.5, 0.6) is 0 Å². The van der Waals surface area contributed by atoms with Crippen molar-refractivity contribution in [1.82, 2.24) is 24.8 Å². The molecule has 0 aliphatic carbocycles. The number of ether oxygens (including phenoxy) is 2. The molecule has 0 radical (unpaired) electrons. The molecular formula is C29H35N5O6. The predicted octanol–water partition coefficient (Wildman–Crippen LogP) is 1.67. The first-order valence-electron chi connectivity index (χ1n) is 13.9. The molecule has 1 unspecified atom stereocenters. The van der Waals surface area contributed by atoms with Gasteiger partial charge in [0.25, 0.3) is 5.91 Å². The number of hydrogen-bond donors (Lipinski definition) is 1. The van der Waals surface area contributed by atoms with Gasteiger partial charge in [0.1, 0.15) is 29.7 Å². The van der Waals surface area contributed by atoms with Gasteiger partial charge in [-0.25, -0.2) is 4.68 Å². The average molecular weight is 550 g/mol. The van der Waals surface area contributed by atoms with E-state index in [0.29, 0.717) is 18.4 Å². The van der Waals surface area contributed by atoms with Crippen molar-refractivity contribution in [2.24, 2.45) is 17.8 Å². The standard InChI is InChI=1S/C29H35N5O6/c1-18(2)15-19(16-35)34-24-26(37)32(17-33-21-10-5-4-9-20(21)30-31-33)13-8-12-29(24)22(25(34)36)23-27(38)39-14-7-6-11-28(23,3)40-29/h4-6,8-12,18-19,22-24,35H,7,13-17H2,1-3H3/t19-,22+,23+,24?,28-,29+/m1/s1. The molecule has 2 aromatic rings. The van der Waals surface area contributed by atoms with Crippen molar-refractivity contribution in [2.75, 3.05) is 19.8 Å². The first-order valence-corrected chi connectivity index (χ1v) is 13.9. The van der Waals surface area contributed by atoms with Crippen LogP contribution in [0.1, 0.15) is 33.6 Å². The number of cyclic esters (lactones) is 1. The first-order chi connectivity index (χ1) is 19.2. The third-order valence-corrected chi connectivity index (χ3v) is 8.61. The summed E-state index contributed by atoms with van der Waals surface area (Å²) >= 11 is 0. The SMILES string of the molecule is CC(C)C[C@H](CO)N1C(=O)[C@@H]2[C@H]3C(=O)OCCC=C[C@@]3(C)O[C@@]23C=CCN(Cn2nnc4ccccc42)C(=O)C13. The average Bonchev–Trinajstić information content (AvgIpc) is 3.48. The number of fused-ring (bicyclic) bond motifs is 3. The van der Waals surface area contributed by atoms with E-state index in [1.165, 1.54) is 4.90 Å². The Morgan fingerprint density at radius 2 is 1.90 bits per heavy atom. The highest BCUT2D eigenvalue weighted by atomic mass is 16.6.